The van der Waals surface area contributed by atoms with Crippen LogP contribution in [0.2, 0.25) is 0 Å². The molecule has 0 aliphatic rings. The van der Waals surface area contributed by atoms with Crippen LogP contribution in [0.25, 0.3) is 0 Å². The van der Waals surface area contributed by atoms with E-state index in [1.54, 1.807) is 4.68 Å². The highest BCUT2D eigenvalue weighted by Gasteiger charge is 2.26. The van der Waals surface area contributed by atoms with E-state index in [-0.39, 0.29) is 23.8 Å². The molecule has 0 atom stereocenters. The lowest BCUT2D eigenvalue weighted by atomic mass is 10.1. The summed E-state index contributed by atoms with van der Waals surface area (Å²) in [5, 5.41) is 4.37. The van der Waals surface area contributed by atoms with Gasteiger partial charge in [0.15, 0.2) is 5.69 Å². The fourth-order valence-electron chi connectivity index (χ4n) is 3.44. The number of rotatable bonds is 9. The number of aromatic nitrogens is 4. The molecule has 0 saturated heterocycles. The number of carbonyl (C=O) groups is 1. The molecule has 166 valence electrons. The second-order valence-electron chi connectivity index (χ2n) is 8.18. The number of carbonyl (C=O) groups excluding carboxylic acids is 1. The topological polar surface area (TPSA) is 119 Å². The minimum Gasteiger partial charge on any atom is -0.383 e. The Bertz CT molecular complexity index is 1010. The maximum absolute atomic E-state index is 13.3. The third-order valence-electron chi connectivity index (χ3n) is 5.44. The maximum Gasteiger partial charge on any atom is 0.330 e. The minimum atomic E-state index is -0.637. The molecule has 9 heteroatoms. The van der Waals surface area contributed by atoms with Crippen molar-refractivity contribution >= 4 is 17.4 Å². The number of nitrogens with one attached hydrogen (secondary N) is 1. The Morgan fingerprint density at radius 1 is 1.27 bits per heavy atom. The van der Waals surface area contributed by atoms with Gasteiger partial charge in [-0.2, -0.15) is 5.10 Å². The van der Waals surface area contributed by atoms with Gasteiger partial charge in [0.05, 0.1) is 12.1 Å². The quantitative estimate of drug-likeness (QED) is 0.644. The molecule has 0 aliphatic carbocycles. The number of aromatic amines is 1. The number of anilines is 2. The Hall–Kier alpha value is -2.84. The van der Waals surface area contributed by atoms with Gasteiger partial charge < -0.3 is 10.6 Å². The molecule has 0 bridgehead atoms. The van der Waals surface area contributed by atoms with E-state index >= 15 is 0 Å². The minimum absolute atomic E-state index is 0.0361. The summed E-state index contributed by atoms with van der Waals surface area (Å²) in [7, 11) is 1.83. The lowest BCUT2D eigenvalue weighted by Crippen LogP contribution is -2.42. The molecule has 2 rings (SSSR count). The number of hydrogen-bond donors (Lipinski definition) is 2. The van der Waals surface area contributed by atoms with Crippen molar-refractivity contribution < 1.29 is 4.79 Å². The summed E-state index contributed by atoms with van der Waals surface area (Å²) in [6, 6.07) is 0. The van der Waals surface area contributed by atoms with E-state index in [0.717, 1.165) is 29.8 Å². The Labute approximate surface area is 176 Å². The Morgan fingerprint density at radius 3 is 2.47 bits per heavy atom. The fourth-order valence-corrected chi connectivity index (χ4v) is 3.44. The summed E-state index contributed by atoms with van der Waals surface area (Å²) < 4.78 is 3.08. The van der Waals surface area contributed by atoms with Gasteiger partial charge >= 0.3 is 5.69 Å². The SMILES string of the molecule is CCCCn1c(N)c(N(CCC(C)C)C(=O)Cc2c(C)nn(C)c2C)c(=O)[nH]c1=O. The average Bonchev–Trinajstić information content (AvgIpc) is 2.89. The first-order valence-electron chi connectivity index (χ1n) is 10.5. The van der Waals surface area contributed by atoms with E-state index in [9.17, 15) is 14.4 Å². The van der Waals surface area contributed by atoms with Crippen molar-refractivity contribution in [2.75, 3.05) is 17.2 Å². The number of H-pyrrole nitrogens is 1. The third kappa shape index (κ3) is 5.01. The summed E-state index contributed by atoms with van der Waals surface area (Å²) in [5.74, 6) is 0.121. The summed E-state index contributed by atoms with van der Waals surface area (Å²) in [4.78, 5) is 42.1. The van der Waals surface area contributed by atoms with E-state index < -0.39 is 11.2 Å². The van der Waals surface area contributed by atoms with Gasteiger partial charge in [-0.15, -0.1) is 0 Å². The predicted octanol–water partition coefficient (Wildman–Crippen LogP) is 1.89. The molecule has 0 unspecified atom stereocenters. The monoisotopic (exact) mass is 418 g/mol. The van der Waals surface area contributed by atoms with Crippen molar-refractivity contribution in [1.82, 2.24) is 19.3 Å². The van der Waals surface area contributed by atoms with E-state index in [4.69, 9.17) is 5.73 Å². The molecule has 30 heavy (non-hydrogen) atoms. The van der Waals surface area contributed by atoms with Crippen LogP contribution in [0, 0.1) is 19.8 Å². The normalized spacial score (nSPS) is 11.3. The zero-order chi connectivity index (χ0) is 22.6. The van der Waals surface area contributed by atoms with Crippen molar-refractivity contribution in [3.8, 4) is 0 Å². The molecular formula is C21H34N6O3. The lowest BCUT2D eigenvalue weighted by Gasteiger charge is -2.25. The smallest absolute Gasteiger partial charge is 0.330 e. The van der Waals surface area contributed by atoms with Crippen LogP contribution in [-0.2, 0) is 24.8 Å². The second-order valence-corrected chi connectivity index (χ2v) is 8.18. The highest BCUT2D eigenvalue weighted by Crippen LogP contribution is 2.21. The van der Waals surface area contributed by atoms with E-state index in [0.29, 0.717) is 25.4 Å². The standard InChI is InChI=1S/C21H34N6O3/c1-7-8-10-27-19(22)18(20(29)23-21(27)30)26(11-9-13(2)3)17(28)12-16-14(4)24-25(6)15(16)5/h13H,7-12,22H2,1-6H3,(H,23,29,30). The van der Waals surface area contributed by atoms with Crippen molar-refractivity contribution in [2.45, 2.75) is 66.8 Å². The summed E-state index contributed by atoms with van der Waals surface area (Å²) in [6.07, 6.45) is 2.42. The molecule has 0 radical (unpaired) electrons. The molecule has 1 amide bonds. The molecule has 0 saturated carbocycles. The van der Waals surface area contributed by atoms with E-state index in [1.807, 2.05) is 41.7 Å². The third-order valence-corrected chi connectivity index (χ3v) is 5.44. The fraction of sp³-hybridized carbons (Fsp3) is 0.619. The highest BCUT2D eigenvalue weighted by molar-refractivity contribution is 5.97. The van der Waals surface area contributed by atoms with Crippen molar-refractivity contribution in [2.24, 2.45) is 13.0 Å². The van der Waals surface area contributed by atoms with Gasteiger partial charge in [0.2, 0.25) is 5.91 Å². The first kappa shape index (κ1) is 23.4. The second kappa shape index (κ2) is 9.77. The van der Waals surface area contributed by atoms with Crippen molar-refractivity contribution in [1.29, 1.82) is 0 Å². The van der Waals surface area contributed by atoms with Crippen LogP contribution in [0.5, 0.6) is 0 Å². The number of aryl methyl sites for hydroxylation is 2. The highest BCUT2D eigenvalue weighted by atomic mass is 16.2. The molecule has 2 heterocycles. The molecule has 0 aliphatic heterocycles. The molecule has 2 aromatic heterocycles. The van der Waals surface area contributed by atoms with Gasteiger partial charge in [0.25, 0.3) is 5.56 Å². The number of nitrogen functional groups attached to an aromatic ring is 1. The van der Waals surface area contributed by atoms with Crippen LogP contribution >= 0.6 is 0 Å². The van der Waals surface area contributed by atoms with Gasteiger partial charge in [-0.25, -0.2) is 4.79 Å². The zero-order valence-corrected chi connectivity index (χ0v) is 18.9. The predicted molar refractivity (Wildman–Crippen MR) is 119 cm³/mol. The number of amides is 1. The lowest BCUT2D eigenvalue weighted by molar-refractivity contribution is -0.118. The molecule has 0 spiro atoms. The first-order chi connectivity index (χ1) is 14.1. The van der Waals surface area contributed by atoms with Gasteiger partial charge in [-0.3, -0.25) is 23.8 Å². The largest absolute Gasteiger partial charge is 0.383 e. The summed E-state index contributed by atoms with van der Waals surface area (Å²) in [6.45, 7) is 10.6. The number of hydrogen-bond acceptors (Lipinski definition) is 5. The Kier molecular flexibility index (Phi) is 7.64. The summed E-state index contributed by atoms with van der Waals surface area (Å²) >= 11 is 0. The maximum atomic E-state index is 13.3. The Morgan fingerprint density at radius 2 is 1.93 bits per heavy atom. The molecule has 3 N–H and O–H groups in total. The van der Waals surface area contributed by atoms with Gasteiger partial charge in [-0.1, -0.05) is 27.2 Å². The van der Waals surface area contributed by atoms with Gasteiger partial charge in [0.1, 0.15) is 5.82 Å². The van der Waals surface area contributed by atoms with Crippen LogP contribution in [0.4, 0.5) is 11.5 Å². The molecule has 0 aromatic carbocycles. The molecule has 0 fully saturated rings. The van der Waals surface area contributed by atoms with Crippen LogP contribution < -0.4 is 21.9 Å². The zero-order valence-electron chi connectivity index (χ0n) is 18.9. The number of nitrogens with two attached hydrogens (primary N) is 1. The average molecular weight is 419 g/mol. The van der Waals surface area contributed by atoms with E-state index in [2.05, 4.69) is 10.1 Å². The van der Waals surface area contributed by atoms with Crippen molar-refractivity contribution in [3.63, 3.8) is 0 Å². The van der Waals surface area contributed by atoms with Crippen LogP contribution in [0.3, 0.4) is 0 Å². The van der Waals surface area contributed by atoms with Crippen LogP contribution in [-0.4, -0.2) is 31.8 Å². The first-order valence-corrected chi connectivity index (χ1v) is 10.5. The number of nitrogens with zero attached hydrogens (tertiary/aromatic N) is 4. The van der Waals surface area contributed by atoms with Crippen molar-refractivity contribution in [3.05, 3.63) is 37.8 Å². The van der Waals surface area contributed by atoms with Gasteiger partial charge in [0, 0.05) is 31.4 Å². The Balaban J connectivity index is 2.52. The number of unbranched alkanes of at least 4 members (excludes halogenated alkanes) is 1. The van der Waals surface area contributed by atoms with Gasteiger partial charge in [-0.05, 0) is 32.6 Å². The summed E-state index contributed by atoms with van der Waals surface area (Å²) in [5.41, 5.74) is 7.65. The van der Waals surface area contributed by atoms with Crippen LogP contribution in [0.15, 0.2) is 9.59 Å². The molecule has 2 aromatic rings. The molecule has 9 nitrogen and oxygen atoms in total. The molecular weight excluding hydrogens is 384 g/mol. The van der Waals surface area contributed by atoms with E-state index in [1.165, 1.54) is 9.47 Å². The van der Waals surface area contributed by atoms with Crippen LogP contribution in [0.1, 0.15) is 57.0 Å².